The highest BCUT2D eigenvalue weighted by molar-refractivity contribution is 7.89. The van der Waals surface area contributed by atoms with E-state index in [2.05, 4.69) is 4.72 Å². The number of fused-ring (bicyclic) bond motifs is 1. The van der Waals surface area contributed by atoms with Gasteiger partial charge in [-0.15, -0.1) is 0 Å². The fraction of sp³-hybridized carbons (Fsp3) is 0.381. The number of sulfonamides is 1. The maximum absolute atomic E-state index is 12.7. The van der Waals surface area contributed by atoms with Crippen LogP contribution in [0.25, 0.3) is 0 Å². The van der Waals surface area contributed by atoms with E-state index in [0.717, 1.165) is 30.5 Å². The number of carbonyl (C=O) groups is 1. The van der Waals surface area contributed by atoms with E-state index in [4.69, 9.17) is 16.3 Å². The molecule has 29 heavy (non-hydrogen) atoms. The van der Waals surface area contributed by atoms with E-state index in [1.807, 2.05) is 38.1 Å². The lowest BCUT2D eigenvalue weighted by Gasteiger charge is -2.23. The van der Waals surface area contributed by atoms with E-state index < -0.39 is 10.0 Å². The van der Waals surface area contributed by atoms with Crippen molar-refractivity contribution >= 4 is 33.2 Å². The van der Waals surface area contributed by atoms with Crippen LogP contribution in [0.2, 0.25) is 5.02 Å². The maximum Gasteiger partial charge on any atom is 0.265 e. The van der Waals surface area contributed by atoms with Gasteiger partial charge in [0.1, 0.15) is 5.75 Å². The molecular weight excluding hydrogens is 412 g/mol. The van der Waals surface area contributed by atoms with E-state index >= 15 is 0 Å². The standard InChI is InChI=1S/C21H25ClN2O4S/c1-3-4-11-23-29(26,27)17-9-10-20(18(22)13-17)28-14-21(25)24-15(2)12-16-7-5-6-8-19(16)24/h5-10,13,15,23H,3-4,11-12,14H2,1-2H3/t15-/m1/s1. The van der Waals surface area contributed by atoms with Gasteiger partial charge in [0.15, 0.2) is 6.61 Å². The van der Waals surface area contributed by atoms with Crippen LogP contribution in [0.3, 0.4) is 0 Å². The van der Waals surface area contributed by atoms with Crippen molar-refractivity contribution in [2.75, 3.05) is 18.1 Å². The topological polar surface area (TPSA) is 75.7 Å². The smallest absolute Gasteiger partial charge is 0.265 e. The first-order valence-corrected chi connectivity index (χ1v) is 11.5. The van der Waals surface area contributed by atoms with Gasteiger partial charge in [0.05, 0.1) is 9.92 Å². The number of anilines is 1. The quantitative estimate of drug-likeness (QED) is 0.639. The number of unbranched alkanes of at least 4 members (excludes halogenated alkanes) is 1. The molecule has 0 unspecified atom stereocenters. The van der Waals surface area contributed by atoms with Crippen LogP contribution in [-0.2, 0) is 21.2 Å². The summed E-state index contributed by atoms with van der Waals surface area (Å²) in [6.45, 7) is 4.17. The molecule has 2 aromatic rings. The second-order valence-corrected chi connectivity index (χ2v) is 9.25. The molecule has 6 nitrogen and oxygen atoms in total. The summed E-state index contributed by atoms with van der Waals surface area (Å²) in [4.78, 5) is 14.5. The summed E-state index contributed by atoms with van der Waals surface area (Å²) < 4.78 is 32.7. The fourth-order valence-electron chi connectivity index (χ4n) is 3.39. The number of para-hydroxylation sites is 1. The molecule has 156 valence electrons. The van der Waals surface area contributed by atoms with Gasteiger partial charge in [-0.2, -0.15) is 0 Å². The lowest BCUT2D eigenvalue weighted by atomic mass is 10.1. The Balaban J connectivity index is 1.66. The Morgan fingerprint density at radius 1 is 1.28 bits per heavy atom. The molecule has 0 saturated heterocycles. The third kappa shape index (κ3) is 4.91. The second kappa shape index (κ2) is 9.15. The van der Waals surface area contributed by atoms with Crippen molar-refractivity contribution in [3.63, 3.8) is 0 Å². The van der Waals surface area contributed by atoms with E-state index in [0.29, 0.717) is 6.54 Å². The molecule has 1 aliphatic heterocycles. The SMILES string of the molecule is CCCCNS(=O)(=O)c1ccc(OCC(=O)N2c3ccccc3C[C@H]2C)c(Cl)c1. The maximum atomic E-state index is 12.7. The summed E-state index contributed by atoms with van der Waals surface area (Å²) in [7, 11) is -3.62. The number of rotatable bonds is 8. The third-order valence-corrected chi connectivity index (χ3v) is 6.62. The number of hydrogen-bond acceptors (Lipinski definition) is 4. The number of benzene rings is 2. The summed E-state index contributed by atoms with van der Waals surface area (Å²) in [5.41, 5.74) is 2.04. The molecule has 8 heteroatoms. The zero-order valence-corrected chi connectivity index (χ0v) is 18.1. The largest absolute Gasteiger partial charge is 0.482 e. The van der Waals surface area contributed by atoms with E-state index in [1.54, 1.807) is 4.90 Å². The molecule has 0 radical (unpaired) electrons. The average Bonchev–Trinajstić information content (AvgIpc) is 3.02. The van der Waals surface area contributed by atoms with Crippen LogP contribution in [0.5, 0.6) is 5.75 Å². The Bertz CT molecular complexity index is 994. The molecule has 0 aromatic heterocycles. The number of nitrogens with zero attached hydrogens (tertiary/aromatic N) is 1. The molecule has 1 aliphatic rings. The van der Waals surface area contributed by atoms with Crippen molar-refractivity contribution in [1.82, 2.24) is 4.72 Å². The Labute approximate surface area is 176 Å². The highest BCUT2D eigenvalue weighted by Gasteiger charge is 2.30. The Hall–Kier alpha value is -2.09. The molecule has 1 N–H and O–H groups in total. The van der Waals surface area contributed by atoms with Gasteiger partial charge in [0, 0.05) is 18.3 Å². The number of halogens is 1. The van der Waals surface area contributed by atoms with Crippen LogP contribution in [0.15, 0.2) is 47.4 Å². The van der Waals surface area contributed by atoms with Crippen molar-refractivity contribution < 1.29 is 17.9 Å². The molecule has 0 bridgehead atoms. The van der Waals surface area contributed by atoms with Gasteiger partial charge in [0.2, 0.25) is 10.0 Å². The van der Waals surface area contributed by atoms with Gasteiger partial charge in [0.25, 0.3) is 5.91 Å². The summed E-state index contributed by atoms with van der Waals surface area (Å²) >= 11 is 6.21. The minimum absolute atomic E-state index is 0.0562. The van der Waals surface area contributed by atoms with Crippen molar-refractivity contribution in [2.45, 2.75) is 44.0 Å². The van der Waals surface area contributed by atoms with Gasteiger partial charge in [-0.05, 0) is 49.6 Å². The predicted molar refractivity (Wildman–Crippen MR) is 114 cm³/mol. The minimum atomic E-state index is -3.62. The van der Waals surface area contributed by atoms with E-state index in [9.17, 15) is 13.2 Å². The second-order valence-electron chi connectivity index (χ2n) is 7.08. The van der Waals surface area contributed by atoms with Crippen LogP contribution in [0, 0.1) is 0 Å². The zero-order chi connectivity index (χ0) is 21.0. The summed E-state index contributed by atoms with van der Waals surface area (Å²) in [5.74, 6) is 0.101. The number of nitrogens with one attached hydrogen (secondary N) is 1. The highest BCUT2D eigenvalue weighted by Crippen LogP contribution is 2.32. The number of amides is 1. The Morgan fingerprint density at radius 3 is 2.76 bits per heavy atom. The number of carbonyl (C=O) groups excluding carboxylic acids is 1. The lowest BCUT2D eigenvalue weighted by Crippen LogP contribution is -2.39. The molecular formula is C21H25ClN2O4S. The van der Waals surface area contributed by atoms with Crippen molar-refractivity contribution in [3.8, 4) is 5.75 Å². The molecule has 0 aliphatic carbocycles. The van der Waals surface area contributed by atoms with Gasteiger partial charge >= 0.3 is 0 Å². The fourth-order valence-corrected chi connectivity index (χ4v) is 4.79. The first-order chi connectivity index (χ1) is 13.8. The van der Waals surface area contributed by atoms with Crippen molar-refractivity contribution in [1.29, 1.82) is 0 Å². The van der Waals surface area contributed by atoms with Gasteiger partial charge < -0.3 is 9.64 Å². The van der Waals surface area contributed by atoms with Crippen LogP contribution in [0.1, 0.15) is 32.3 Å². The van der Waals surface area contributed by atoms with Crippen molar-refractivity contribution in [2.24, 2.45) is 0 Å². The van der Waals surface area contributed by atoms with Gasteiger partial charge in [-0.3, -0.25) is 4.79 Å². The Kier molecular flexibility index (Phi) is 6.82. The number of hydrogen-bond donors (Lipinski definition) is 1. The lowest BCUT2D eigenvalue weighted by molar-refractivity contribution is -0.120. The third-order valence-electron chi connectivity index (χ3n) is 4.86. The molecule has 0 saturated carbocycles. The zero-order valence-electron chi connectivity index (χ0n) is 16.5. The molecule has 1 atom stereocenters. The van der Waals surface area contributed by atoms with Crippen LogP contribution < -0.4 is 14.4 Å². The van der Waals surface area contributed by atoms with E-state index in [-0.39, 0.29) is 34.2 Å². The van der Waals surface area contributed by atoms with Crippen LogP contribution >= 0.6 is 11.6 Å². The average molecular weight is 437 g/mol. The normalized spacial score (nSPS) is 16.0. The molecule has 0 spiro atoms. The molecule has 3 rings (SSSR count). The molecule has 1 heterocycles. The first-order valence-electron chi connectivity index (χ1n) is 9.65. The van der Waals surface area contributed by atoms with Crippen molar-refractivity contribution in [3.05, 3.63) is 53.1 Å². The number of ether oxygens (including phenoxy) is 1. The van der Waals surface area contributed by atoms with E-state index in [1.165, 1.54) is 18.2 Å². The Morgan fingerprint density at radius 2 is 2.03 bits per heavy atom. The minimum Gasteiger partial charge on any atom is -0.482 e. The summed E-state index contributed by atoms with van der Waals surface area (Å²) in [6.07, 6.45) is 2.46. The first kappa shape index (κ1) is 21.6. The van der Waals surface area contributed by atoms with Crippen LogP contribution in [-0.4, -0.2) is 33.5 Å². The molecule has 2 aromatic carbocycles. The monoisotopic (exact) mass is 436 g/mol. The molecule has 1 amide bonds. The van der Waals surface area contributed by atoms with Crippen LogP contribution in [0.4, 0.5) is 5.69 Å². The van der Waals surface area contributed by atoms with Gasteiger partial charge in [-0.1, -0.05) is 43.1 Å². The predicted octanol–water partition coefficient (Wildman–Crippen LogP) is 3.78. The summed E-state index contributed by atoms with van der Waals surface area (Å²) in [5, 5.41) is 0.144. The highest BCUT2D eigenvalue weighted by atomic mass is 35.5. The summed E-state index contributed by atoms with van der Waals surface area (Å²) in [6, 6.07) is 12.1. The van der Waals surface area contributed by atoms with Gasteiger partial charge in [-0.25, -0.2) is 13.1 Å². The molecule has 0 fully saturated rings.